The van der Waals surface area contributed by atoms with Crippen LogP contribution in [0.2, 0.25) is 0 Å². The molecule has 0 atom stereocenters. The Morgan fingerprint density at radius 2 is 1.05 bits per heavy atom. The van der Waals surface area contributed by atoms with Gasteiger partial charge in [0.05, 0.1) is 11.2 Å². The fourth-order valence-electron chi connectivity index (χ4n) is 5.97. The van der Waals surface area contributed by atoms with Gasteiger partial charge in [0.15, 0.2) is 0 Å². The van der Waals surface area contributed by atoms with E-state index in [0.717, 1.165) is 5.46 Å². The first kappa shape index (κ1) is 24.1. The summed E-state index contributed by atoms with van der Waals surface area (Å²) in [4.78, 5) is 0. The molecule has 1 saturated heterocycles. The third-order valence-corrected chi connectivity index (χ3v) is 8.69. The number of fused-ring (bicyclic) bond motifs is 3. The van der Waals surface area contributed by atoms with Crippen molar-refractivity contribution in [1.29, 1.82) is 0 Å². The Balaban J connectivity index is 1.59. The van der Waals surface area contributed by atoms with Crippen molar-refractivity contribution in [2.75, 3.05) is 0 Å². The topological polar surface area (TPSA) is 18.5 Å². The maximum Gasteiger partial charge on any atom is 0.494 e. The van der Waals surface area contributed by atoms with Crippen LogP contribution in [0.1, 0.15) is 27.7 Å². The fraction of sp³-hybridized carbons (Fsp3) is 0.167. The lowest BCUT2D eigenvalue weighted by Gasteiger charge is -2.32. The summed E-state index contributed by atoms with van der Waals surface area (Å²) in [6, 6.07) is 41.6. The van der Waals surface area contributed by atoms with Crippen molar-refractivity contribution in [1.82, 2.24) is 0 Å². The molecule has 0 spiro atoms. The van der Waals surface area contributed by atoms with E-state index in [4.69, 9.17) is 9.31 Å². The van der Waals surface area contributed by atoms with Crippen molar-refractivity contribution in [3.05, 3.63) is 115 Å². The third-order valence-electron chi connectivity index (χ3n) is 8.69. The van der Waals surface area contributed by atoms with Gasteiger partial charge in [-0.15, -0.1) is 0 Å². The van der Waals surface area contributed by atoms with E-state index in [1.54, 1.807) is 0 Å². The van der Waals surface area contributed by atoms with Crippen LogP contribution in [0, 0.1) is 0 Å². The highest BCUT2D eigenvalue weighted by atomic mass is 16.7. The normalized spacial score (nSPS) is 16.4. The summed E-state index contributed by atoms with van der Waals surface area (Å²) in [5.74, 6) is 0. The molecule has 2 nitrogen and oxygen atoms in total. The van der Waals surface area contributed by atoms with Crippen LogP contribution in [0.3, 0.4) is 0 Å². The van der Waals surface area contributed by atoms with Crippen molar-refractivity contribution >= 4 is 44.9 Å². The predicted molar refractivity (Wildman–Crippen MR) is 166 cm³/mol. The molecule has 0 amide bonds. The Morgan fingerprint density at radius 1 is 0.487 bits per heavy atom. The minimum atomic E-state index is -0.421. The highest BCUT2D eigenvalue weighted by Gasteiger charge is 2.51. The van der Waals surface area contributed by atoms with Crippen LogP contribution in [0.15, 0.2) is 115 Å². The van der Waals surface area contributed by atoms with Crippen molar-refractivity contribution < 1.29 is 9.31 Å². The molecule has 0 aromatic heterocycles. The van der Waals surface area contributed by atoms with Gasteiger partial charge in [0.1, 0.15) is 0 Å². The Hall–Kier alpha value is -3.92. The number of benzene rings is 6. The molecule has 0 saturated carbocycles. The molecule has 6 aromatic rings. The molecule has 39 heavy (non-hydrogen) atoms. The Bertz CT molecular complexity index is 1850. The van der Waals surface area contributed by atoms with Gasteiger partial charge in [0.2, 0.25) is 0 Å². The van der Waals surface area contributed by atoms with Gasteiger partial charge in [-0.3, -0.25) is 0 Å². The first-order valence-electron chi connectivity index (χ1n) is 13.7. The summed E-state index contributed by atoms with van der Waals surface area (Å²) >= 11 is 0. The molecular formula is C36H31BO2. The standard InChI is InChI=1S/C36H31BO2/c1-35(2)36(3,4)39-37(38-35)26-21-22-31-32(23-26)33(25-14-6-5-7-15-25)29-18-10-11-19-30(29)34(31)28-20-12-16-24-13-8-9-17-27(24)28/h5-23H,1-4H3. The molecule has 1 aliphatic heterocycles. The largest absolute Gasteiger partial charge is 0.494 e. The molecule has 0 unspecified atom stereocenters. The summed E-state index contributed by atoms with van der Waals surface area (Å²) in [7, 11) is -0.421. The molecule has 0 aliphatic carbocycles. The van der Waals surface area contributed by atoms with Crippen molar-refractivity contribution in [2.45, 2.75) is 38.9 Å². The Labute approximate surface area is 230 Å². The molecule has 1 fully saturated rings. The Morgan fingerprint density at radius 3 is 1.77 bits per heavy atom. The second-order valence-electron chi connectivity index (χ2n) is 11.6. The molecule has 0 bridgehead atoms. The average Bonchev–Trinajstić information content (AvgIpc) is 3.18. The zero-order chi connectivity index (χ0) is 26.8. The highest BCUT2D eigenvalue weighted by Crippen LogP contribution is 2.45. The minimum absolute atomic E-state index is 0.396. The second-order valence-corrected chi connectivity index (χ2v) is 11.6. The lowest BCUT2D eigenvalue weighted by Crippen LogP contribution is -2.41. The van der Waals surface area contributed by atoms with E-state index in [9.17, 15) is 0 Å². The van der Waals surface area contributed by atoms with Gasteiger partial charge in [-0.05, 0) is 87.7 Å². The van der Waals surface area contributed by atoms with E-state index in [1.165, 1.54) is 54.6 Å². The second kappa shape index (κ2) is 8.81. The van der Waals surface area contributed by atoms with Crippen LogP contribution in [-0.2, 0) is 9.31 Å². The van der Waals surface area contributed by atoms with Gasteiger partial charge in [-0.2, -0.15) is 0 Å². The van der Waals surface area contributed by atoms with Crippen molar-refractivity contribution in [3.8, 4) is 22.3 Å². The Kier molecular flexibility index (Phi) is 5.45. The van der Waals surface area contributed by atoms with Gasteiger partial charge < -0.3 is 9.31 Å². The maximum absolute atomic E-state index is 6.48. The van der Waals surface area contributed by atoms with E-state index in [1.807, 2.05) is 0 Å². The quantitative estimate of drug-likeness (QED) is 0.176. The molecule has 1 heterocycles. The van der Waals surface area contributed by atoms with E-state index < -0.39 is 18.3 Å². The van der Waals surface area contributed by atoms with E-state index in [2.05, 4.69) is 143 Å². The highest BCUT2D eigenvalue weighted by molar-refractivity contribution is 6.62. The molecule has 1 aliphatic rings. The molecular weight excluding hydrogens is 475 g/mol. The number of hydrogen-bond donors (Lipinski definition) is 0. The van der Waals surface area contributed by atoms with Gasteiger partial charge in [0, 0.05) is 0 Å². The summed E-state index contributed by atoms with van der Waals surface area (Å²) in [6.45, 7) is 8.43. The lowest BCUT2D eigenvalue weighted by molar-refractivity contribution is 0.00578. The van der Waals surface area contributed by atoms with Crippen molar-refractivity contribution in [2.24, 2.45) is 0 Å². The van der Waals surface area contributed by atoms with Crippen LogP contribution >= 0.6 is 0 Å². The van der Waals surface area contributed by atoms with E-state index in [0.29, 0.717) is 0 Å². The SMILES string of the molecule is CC1(C)OB(c2ccc3c(-c4cccc5ccccc45)c4ccccc4c(-c4ccccc4)c3c2)OC1(C)C. The van der Waals surface area contributed by atoms with E-state index in [-0.39, 0.29) is 0 Å². The van der Waals surface area contributed by atoms with Gasteiger partial charge in [-0.25, -0.2) is 0 Å². The average molecular weight is 506 g/mol. The van der Waals surface area contributed by atoms with Gasteiger partial charge in [-0.1, -0.05) is 115 Å². The molecule has 190 valence electrons. The monoisotopic (exact) mass is 506 g/mol. The fourth-order valence-corrected chi connectivity index (χ4v) is 5.97. The molecule has 3 heteroatoms. The summed E-state index contributed by atoms with van der Waals surface area (Å²) in [5, 5.41) is 7.43. The smallest absolute Gasteiger partial charge is 0.399 e. The van der Waals surface area contributed by atoms with Crippen LogP contribution in [0.25, 0.3) is 54.6 Å². The molecule has 7 rings (SSSR count). The molecule has 0 radical (unpaired) electrons. The first-order valence-corrected chi connectivity index (χ1v) is 13.7. The molecule has 6 aromatic carbocycles. The number of hydrogen-bond acceptors (Lipinski definition) is 2. The van der Waals surface area contributed by atoms with Crippen LogP contribution in [0.5, 0.6) is 0 Å². The summed E-state index contributed by atoms with van der Waals surface area (Å²) in [5.41, 5.74) is 5.20. The van der Waals surface area contributed by atoms with Gasteiger partial charge >= 0.3 is 7.12 Å². The van der Waals surface area contributed by atoms with Crippen molar-refractivity contribution in [3.63, 3.8) is 0 Å². The minimum Gasteiger partial charge on any atom is -0.399 e. The number of rotatable bonds is 3. The maximum atomic E-state index is 6.48. The predicted octanol–water partition coefficient (Wildman–Crippen LogP) is 8.78. The third kappa shape index (κ3) is 3.80. The summed E-state index contributed by atoms with van der Waals surface area (Å²) in [6.07, 6.45) is 0. The van der Waals surface area contributed by atoms with E-state index >= 15 is 0 Å². The zero-order valence-corrected chi connectivity index (χ0v) is 22.9. The van der Waals surface area contributed by atoms with Crippen LogP contribution in [-0.4, -0.2) is 18.3 Å². The first-order chi connectivity index (χ1) is 18.8. The summed E-state index contributed by atoms with van der Waals surface area (Å²) < 4.78 is 13.0. The zero-order valence-electron chi connectivity index (χ0n) is 22.9. The molecule has 0 N–H and O–H groups in total. The van der Waals surface area contributed by atoms with Crippen LogP contribution < -0.4 is 5.46 Å². The lowest BCUT2D eigenvalue weighted by atomic mass is 9.76. The van der Waals surface area contributed by atoms with Gasteiger partial charge in [0.25, 0.3) is 0 Å². The van der Waals surface area contributed by atoms with Crippen LogP contribution in [0.4, 0.5) is 0 Å².